The molecule has 1 aliphatic rings. The molecule has 60 valence electrons. The van der Waals surface area contributed by atoms with E-state index in [0.717, 1.165) is 12.8 Å². The lowest BCUT2D eigenvalue weighted by atomic mass is 10.1. The molecule has 2 rings (SSSR count). The van der Waals surface area contributed by atoms with Gasteiger partial charge >= 0.3 is 0 Å². The maximum atomic E-state index is 9.80. The number of rotatable bonds is 1. The van der Waals surface area contributed by atoms with Gasteiger partial charge in [0.05, 0.1) is 5.60 Å². The fourth-order valence-electron chi connectivity index (χ4n) is 1.48. The molecule has 0 spiro atoms. The monoisotopic (exact) mass is 168 g/mol. The first-order chi connectivity index (χ1) is 5.12. The summed E-state index contributed by atoms with van der Waals surface area (Å²) < 4.78 is 0. The lowest BCUT2D eigenvalue weighted by molar-refractivity contribution is 0.151. The second kappa shape index (κ2) is 2.08. The fourth-order valence-corrected chi connectivity index (χ4v) is 2.50. The molecule has 1 fully saturated rings. The third kappa shape index (κ3) is 1.10. The van der Waals surface area contributed by atoms with E-state index in [0.29, 0.717) is 0 Å². The third-order valence-corrected chi connectivity index (χ3v) is 3.23. The highest BCUT2D eigenvalue weighted by Gasteiger charge is 2.43. The van der Waals surface area contributed by atoms with Gasteiger partial charge in [-0.15, -0.1) is 11.3 Å². The van der Waals surface area contributed by atoms with E-state index in [2.05, 4.69) is 19.9 Å². The highest BCUT2D eigenvalue weighted by atomic mass is 32.1. The molecule has 0 aliphatic heterocycles. The van der Waals surface area contributed by atoms with Crippen LogP contribution >= 0.6 is 11.3 Å². The maximum Gasteiger partial charge on any atom is 0.0909 e. The predicted octanol–water partition coefficient (Wildman–Crippen LogP) is 2.35. The van der Waals surface area contributed by atoms with Gasteiger partial charge in [0, 0.05) is 9.75 Å². The molecule has 1 aromatic heterocycles. The predicted molar refractivity (Wildman–Crippen MR) is 46.9 cm³/mol. The average molecular weight is 168 g/mol. The maximum absolute atomic E-state index is 9.80. The third-order valence-electron chi connectivity index (χ3n) is 2.27. The molecule has 11 heavy (non-hydrogen) atoms. The van der Waals surface area contributed by atoms with E-state index < -0.39 is 5.60 Å². The summed E-state index contributed by atoms with van der Waals surface area (Å²) in [4.78, 5) is 2.58. The highest BCUT2D eigenvalue weighted by Crippen LogP contribution is 2.48. The molecule has 1 heterocycles. The van der Waals surface area contributed by atoms with Crippen molar-refractivity contribution in [3.05, 3.63) is 21.4 Å². The van der Waals surface area contributed by atoms with Crippen LogP contribution in [0.25, 0.3) is 0 Å². The largest absolute Gasteiger partial charge is 0.385 e. The van der Waals surface area contributed by atoms with Crippen LogP contribution in [0.5, 0.6) is 0 Å². The van der Waals surface area contributed by atoms with Crippen LogP contribution in [0.3, 0.4) is 0 Å². The zero-order valence-corrected chi connectivity index (χ0v) is 7.66. The van der Waals surface area contributed by atoms with Crippen molar-refractivity contribution >= 4 is 11.3 Å². The van der Waals surface area contributed by atoms with Crippen molar-refractivity contribution in [3.8, 4) is 0 Å². The van der Waals surface area contributed by atoms with E-state index in [-0.39, 0.29) is 0 Å². The lowest BCUT2D eigenvalue weighted by Gasteiger charge is -2.04. The van der Waals surface area contributed by atoms with Crippen LogP contribution in [0, 0.1) is 13.8 Å². The molecule has 1 saturated carbocycles. The number of hydrogen-bond acceptors (Lipinski definition) is 2. The van der Waals surface area contributed by atoms with Crippen LogP contribution in [-0.4, -0.2) is 5.11 Å². The zero-order valence-electron chi connectivity index (χ0n) is 6.85. The molecule has 1 aromatic rings. The summed E-state index contributed by atoms with van der Waals surface area (Å²) in [5, 5.41) is 9.80. The zero-order chi connectivity index (χ0) is 8.06. The van der Waals surface area contributed by atoms with Gasteiger partial charge in [-0.05, 0) is 38.3 Å². The Morgan fingerprint density at radius 1 is 1.45 bits per heavy atom. The van der Waals surface area contributed by atoms with Gasteiger partial charge in [-0.1, -0.05) is 0 Å². The van der Waals surface area contributed by atoms with Gasteiger partial charge in [-0.25, -0.2) is 0 Å². The molecule has 1 N–H and O–H groups in total. The van der Waals surface area contributed by atoms with Crippen molar-refractivity contribution in [1.29, 1.82) is 0 Å². The molecular formula is C9H12OS. The Morgan fingerprint density at radius 2 is 2.09 bits per heavy atom. The quantitative estimate of drug-likeness (QED) is 0.682. The minimum absolute atomic E-state index is 0.436. The highest BCUT2D eigenvalue weighted by molar-refractivity contribution is 7.12. The average Bonchev–Trinajstić information content (AvgIpc) is 2.55. The number of aryl methyl sites for hydroxylation is 2. The fraction of sp³-hybridized carbons (Fsp3) is 0.556. The van der Waals surface area contributed by atoms with Gasteiger partial charge in [-0.3, -0.25) is 0 Å². The smallest absolute Gasteiger partial charge is 0.0909 e. The van der Waals surface area contributed by atoms with E-state index in [4.69, 9.17) is 0 Å². The summed E-state index contributed by atoms with van der Waals surface area (Å²) in [5.74, 6) is 0. The van der Waals surface area contributed by atoms with Crippen molar-refractivity contribution < 1.29 is 5.11 Å². The Kier molecular flexibility index (Phi) is 1.38. The Hall–Kier alpha value is -0.340. The van der Waals surface area contributed by atoms with E-state index in [1.807, 2.05) is 0 Å². The van der Waals surface area contributed by atoms with Crippen molar-refractivity contribution in [2.24, 2.45) is 0 Å². The van der Waals surface area contributed by atoms with Crippen LogP contribution in [0.15, 0.2) is 6.07 Å². The van der Waals surface area contributed by atoms with Crippen LogP contribution in [0.4, 0.5) is 0 Å². The minimum atomic E-state index is -0.436. The van der Waals surface area contributed by atoms with Crippen molar-refractivity contribution in [1.82, 2.24) is 0 Å². The van der Waals surface area contributed by atoms with E-state index in [1.165, 1.54) is 15.3 Å². The normalized spacial score (nSPS) is 20.3. The first kappa shape index (κ1) is 7.32. The van der Waals surface area contributed by atoms with Crippen molar-refractivity contribution in [2.75, 3.05) is 0 Å². The Morgan fingerprint density at radius 3 is 2.45 bits per heavy atom. The van der Waals surface area contributed by atoms with E-state index in [9.17, 15) is 5.11 Å². The molecule has 0 atom stereocenters. The Balaban J connectivity index is 2.44. The summed E-state index contributed by atoms with van der Waals surface area (Å²) in [6.07, 6.45) is 1.90. The van der Waals surface area contributed by atoms with Crippen LogP contribution in [0.2, 0.25) is 0 Å². The second-order valence-electron chi connectivity index (χ2n) is 3.36. The van der Waals surface area contributed by atoms with E-state index in [1.54, 1.807) is 11.3 Å². The molecule has 0 amide bonds. The van der Waals surface area contributed by atoms with Gasteiger partial charge in [0.25, 0.3) is 0 Å². The molecule has 0 aromatic carbocycles. The van der Waals surface area contributed by atoms with Gasteiger partial charge < -0.3 is 5.11 Å². The molecule has 1 nitrogen and oxygen atoms in total. The molecule has 2 heteroatoms. The first-order valence-corrected chi connectivity index (χ1v) is 4.73. The Labute approximate surface area is 70.7 Å². The van der Waals surface area contributed by atoms with Crippen molar-refractivity contribution in [2.45, 2.75) is 32.3 Å². The second-order valence-corrected chi connectivity index (χ2v) is 4.82. The molecule has 0 radical (unpaired) electrons. The number of aliphatic hydroxyl groups is 1. The Bertz CT molecular complexity index is 284. The molecular weight excluding hydrogens is 156 g/mol. The topological polar surface area (TPSA) is 20.2 Å². The number of hydrogen-bond donors (Lipinski definition) is 1. The lowest BCUT2D eigenvalue weighted by Crippen LogP contribution is -2.03. The SMILES string of the molecule is Cc1cc(C2(O)CC2)c(C)s1. The molecule has 1 aliphatic carbocycles. The number of thiophene rings is 1. The standard InChI is InChI=1S/C9H12OS/c1-6-5-8(7(2)11-6)9(10)3-4-9/h5,10H,3-4H2,1-2H3. The van der Waals surface area contributed by atoms with Crippen LogP contribution in [0.1, 0.15) is 28.2 Å². The summed E-state index contributed by atoms with van der Waals surface area (Å²) in [6.45, 7) is 4.18. The van der Waals surface area contributed by atoms with E-state index >= 15 is 0 Å². The van der Waals surface area contributed by atoms with Gasteiger partial charge in [-0.2, -0.15) is 0 Å². The summed E-state index contributed by atoms with van der Waals surface area (Å²) in [5.41, 5.74) is 0.731. The summed E-state index contributed by atoms with van der Waals surface area (Å²) >= 11 is 1.78. The summed E-state index contributed by atoms with van der Waals surface area (Å²) in [6, 6.07) is 2.12. The van der Waals surface area contributed by atoms with Crippen LogP contribution in [-0.2, 0) is 5.60 Å². The first-order valence-electron chi connectivity index (χ1n) is 3.92. The van der Waals surface area contributed by atoms with Gasteiger partial charge in [0.2, 0.25) is 0 Å². The molecule has 0 unspecified atom stereocenters. The summed E-state index contributed by atoms with van der Waals surface area (Å²) in [7, 11) is 0. The van der Waals surface area contributed by atoms with Gasteiger partial charge in [0.15, 0.2) is 0 Å². The minimum Gasteiger partial charge on any atom is -0.385 e. The van der Waals surface area contributed by atoms with Crippen molar-refractivity contribution in [3.63, 3.8) is 0 Å². The molecule has 0 saturated heterocycles. The molecule has 0 bridgehead atoms. The van der Waals surface area contributed by atoms with Gasteiger partial charge in [0.1, 0.15) is 0 Å². The van der Waals surface area contributed by atoms with Crippen LogP contribution < -0.4 is 0 Å².